The van der Waals surface area contributed by atoms with Crippen LogP contribution in [0.25, 0.3) is 11.2 Å². The Morgan fingerprint density at radius 2 is 2.15 bits per heavy atom. The van der Waals surface area contributed by atoms with Gasteiger partial charge in [-0.15, -0.1) is 0 Å². The first-order valence-corrected chi connectivity index (χ1v) is 9.47. The first-order valence-electron chi connectivity index (χ1n) is 9.10. The molecule has 8 nitrogen and oxygen atoms in total. The van der Waals surface area contributed by atoms with E-state index >= 15 is 0 Å². The number of ether oxygens (including phenoxy) is 2. The van der Waals surface area contributed by atoms with Crippen LogP contribution in [0, 0.1) is 0 Å². The molecule has 148 valence electrons. The van der Waals surface area contributed by atoms with Crippen LogP contribution in [0.5, 0.6) is 5.88 Å². The molecule has 0 aromatic carbocycles. The summed E-state index contributed by atoms with van der Waals surface area (Å²) in [5, 5.41) is 0.00566. The van der Waals surface area contributed by atoms with Crippen LogP contribution in [0.1, 0.15) is 25.8 Å². The second-order valence-electron chi connectivity index (χ2n) is 7.36. The van der Waals surface area contributed by atoms with E-state index in [1.807, 2.05) is 18.9 Å². The van der Waals surface area contributed by atoms with E-state index in [4.69, 9.17) is 21.1 Å². The summed E-state index contributed by atoms with van der Waals surface area (Å²) in [5.74, 6) is 0.241. The number of hydrogen-bond acceptors (Lipinski definition) is 6. The number of rotatable bonds is 4. The van der Waals surface area contributed by atoms with E-state index in [1.165, 1.54) is 4.57 Å². The van der Waals surface area contributed by atoms with E-state index in [1.54, 1.807) is 11.6 Å². The molecular weight excluding hydrogens is 377 g/mol. The number of fused-ring (bicyclic) bond motifs is 1. The van der Waals surface area contributed by atoms with Crippen LogP contribution in [-0.2, 0) is 11.8 Å². The smallest absolute Gasteiger partial charge is 0.330 e. The minimum absolute atomic E-state index is 0.00566. The molecule has 0 radical (unpaired) electrons. The first kappa shape index (κ1) is 18.6. The average Bonchev–Trinajstić information content (AvgIpc) is 3.28. The summed E-state index contributed by atoms with van der Waals surface area (Å²) in [6.07, 6.45) is -0.0530. The van der Waals surface area contributed by atoms with Crippen molar-refractivity contribution in [3.05, 3.63) is 15.8 Å². The van der Waals surface area contributed by atoms with E-state index in [-0.39, 0.29) is 35.0 Å². The molecule has 10 heteroatoms. The maximum atomic E-state index is 13.7. The second kappa shape index (κ2) is 7.03. The lowest BCUT2D eigenvalue weighted by Gasteiger charge is -2.26. The van der Waals surface area contributed by atoms with Crippen molar-refractivity contribution in [2.75, 3.05) is 26.8 Å². The van der Waals surface area contributed by atoms with E-state index in [0.717, 1.165) is 6.42 Å². The largest absolute Gasteiger partial charge is 0.471 e. The van der Waals surface area contributed by atoms with E-state index in [2.05, 4.69) is 9.97 Å². The third-order valence-corrected chi connectivity index (χ3v) is 5.69. The number of imidazole rings is 1. The van der Waals surface area contributed by atoms with Crippen LogP contribution in [-0.4, -0.2) is 69.1 Å². The van der Waals surface area contributed by atoms with Gasteiger partial charge in [0.1, 0.15) is 12.3 Å². The van der Waals surface area contributed by atoms with Gasteiger partial charge >= 0.3 is 5.69 Å². The highest BCUT2D eigenvalue weighted by atomic mass is 35.5. The summed E-state index contributed by atoms with van der Waals surface area (Å²) in [5.41, 5.74) is 0.709. The zero-order valence-corrected chi connectivity index (χ0v) is 16.3. The van der Waals surface area contributed by atoms with Gasteiger partial charge in [-0.1, -0.05) is 0 Å². The quantitative estimate of drug-likeness (QED) is 0.726. The van der Waals surface area contributed by atoms with Crippen LogP contribution in [0.15, 0.2) is 4.79 Å². The molecule has 2 aromatic rings. The van der Waals surface area contributed by atoms with Crippen LogP contribution in [0.2, 0.25) is 5.28 Å². The number of likely N-dealkylation sites (N-methyl/N-ethyl adjacent to an activating group) is 1. The molecule has 4 heterocycles. The maximum Gasteiger partial charge on any atom is 0.330 e. The summed E-state index contributed by atoms with van der Waals surface area (Å²) >= 11 is 6.13. The Balaban J connectivity index is 1.75. The van der Waals surface area contributed by atoms with E-state index < -0.39 is 6.17 Å². The van der Waals surface area contributed by atoms with Crippen molar-refractivity contribution in [1.29, 1.82) is 0 Å². The van der Waals surface area contributed by atoms with Crippen molar-refractivity contribution in [2.24, 2.45) is 7.05 Å². The van der Waals surface area contributed by atoms with E-state index in [0.29, 0.717) is 37.3 Å². The fraction of sp³-hybridized carbons (Fsp3) is 0.706. The van der Waals surface area contributed by atoms with Crippen molar-refractivity contribution in [3.8, 4) is 5.88 Å². The zero-order valence-electron chi connectivity index (χ0n) is 15.6. The van der Waals surface area contributed by atoms with Gasteiger partial charge in [0.2, 0.25) is 11.2 Å². The molecule has 2 aromatic heterocycles. The number of likely N-dealkylation sites (tertiary alicyclic amines) is 1. The number of aryl methyl sites for hydroxylation is 1. The summed E-state index contributed by atoms with van der Waals surface area (Å²) in [6.45, 7) is 3.32. The van der Waals surface area contributed by atoms with Gasteiger partial charge in [-0.3, -0.25) is 14.0 Å². The third-order valence-electron chi connectivity index (χ3n) is 5.52. The molecule has 2 fully saturated rings. The molecule has 0 unspecified atom stereocenters. The Morgan fingerprint density at radius 1 is 1.37 bits per heavy atom. The monoisotopic (exact) mass is 399 g/mol. The van der Waals surface area contributed by atoms with Gasteiger partial charge < -0.3 is 9.47 Å². The van der Waals surface area contributed by atoms with Gasteiger partial charge in [-0.05, 0) is 38.4 Å². The summed E-state index contributed by atoms with van der Waals surface area (Å²) in [7, 11) is 3.53. The molecule has 2 aliphatic heterocycles. The molecule has 0 saturated carbocycles. The third kappa shape index (κ3) is 3.21. The molecule has 4 atom stereocenters. The average molecular weight is 400 g/mol. The predicted molar refractivity (Wildman–Crippen MR) is 98.3 cm³/mol. The molecule has 4 rings (SSSR count). The van der Waals surface area contributed by atoms with Gasteiger partial charge in [0.25, 0.3) is 0 Å². The summed E-state index contributed by atoms with van der Waals surface area (Å²) in [6, 6.07) is -0.170. The predicted octanol–water partition coefficient (Wildman–Crippen LogP) is 1.55. The minimum atomic E-state index is -0.868. The molecule has 0 spiro atoms. The Bertz CT molecular complexity index is 910. The molecular formula is C17H23ClFN5O3. The maximum absolute atomic E-state index is 13.7. The zero-order chi connectivity index (χ0) is 19.3. The highest BCUT2D eigenvalue weighted by Gasteiger charge is 2.35. The minimum Gasteiger partial charge on any atom is -0.471 e. The fourth-order valence-electron chi connectivity index (χ4n) is 4.11. The molecule has 2 aliphatic rings. The lowest BCUT2D eigenvalue weighted by atomic mass is 10.1. The topological polar surface area (TPSA) is 74.4 Å². The van der Waals surface area contributed by atoms with Crippen LogP contribution < -0.4 is 10.4 Å². The highest BCUT2D eigenvalue weighted by molar-refractivity contribution is 6.28. The van der Waals surface area contributed by atoms with Crippen LogP contribution >= 0.6 is 11.6 Å². The second-order valence-corrected chi connectivity index (χ2v) is 7.70. The van der Waals surface area contributed by atoms with Gasteiger partial charge in [0, 0.05) is 26.2 Å². The van der Waals surface area contributed by atoms with Crippen molar-refractivity contribution >= 4 is 22.8 Å². The number of alkyl halides is 1. The van der Waals surface area contributed by atoms with Crippen molar-refractivity contribution < 1.29 is 13.9 Å². The number of nitrogens with zero attached hydrogens (tertiary/aromatic N) is 5. The van der Waals surface area contributed by atoms with Crippen molar-refractivity contribution in [2.45, 2.75) is 44.1 Å². The summed E-state index contributed by atoms with van der Waals surface area (Å²) < 4.78 is 28.3. The van der Waals surface area contributed by atoms with E-state index in [9.17, 15) is 9.18 Å². The SMILES string of the molecule is C[C@H](Oc1nc(Cl)nc2c1n(C)c(=O)n2[C@@H]1CCOC1)[C@@H]1C[C@@H](F)CN1C. The highest BCUT2D eigenvalue weighted by Crippen LogP contribution is 2.30. The molecule has 0 amide bonds. The summed E-state index contributed by atoms with van der Waals surface area (Å²) in [4.78, 5) is 23.3. The molecule has 2 saturated heterocycles. The van der Waals surface area contributed by atoms with Crippen LogP contribution in [0.3, 0.4) is 0 Å². The number of aromatic nitrogens is 4. The van der Waals surface area contributed by atoms with Gasteiger partial charge in [-0.25, -0.2) is 9.18 Å². The Labute approximate surface area is 160 Å². The normalized spacial score (nSPS) is 27.5. The number of halogens is 2. The van der Waals surface area contributed by atoms with Crippen LogP contribution in [0.4, 0.5) is 4.39 Å². The molecule has 0 aliphatic carbocycles. The van der Waals surface area contributed by atoms with Crippen molar-refractivity contribution in [3.63, 3.8) is 0 Å². The standard InChI is InChI=1S/C17H23ClFN5O3/c1-9(12-6-10(19)7-22(12)2)27-15-13-14(20-16(18)21-15)24(17(25)23(13)3)11-4-5-26-8-11/h9-12H,4-8H2,1-3H3/t9-,10+,11+,12-/m0/s1. The lowest BCUT2D eigenvalue weighted by Crippen LogP contribution is -2.38. The Kier molecular flexibility index (Phi) is 4.85. The van der Waals surface area contributed by atoms with Crippen molar-refractivity contribution in [1.82, 2.24) is 24.0 Å². The van der Waals surface area contributed by atoms with Gasteiger partial charge in [0.05, 0.1) is 12.6 Å². The fourth-order valence-corrected chi connectivity index (χ4v) is 4.27. The molecule has 0 N–H and O–H groups in total. The molecule has 0 bridgehead atoms. The first-order chi connectivity index (χ1) is 12.9. The molecule has 27 heavy (non-hydrogen) atoms. The Hall–Kier alpha value is -1.71. The Morgan fingerprint density at radius 3 is 2.78 bits per heavy atom. The lowest BCUT2D eigenvalue weighted by molar-refractivity contribution is 0.118. The van der Waals surface area contributed by atoms with Gasteiger partial charge in [-0.2, -0.15) is 9.97 Å². The number of hydrogen-bond donors (Lipinski definition) is 0. The van der Waals surface area contributed by atoms with Gasteiger partial charge in [0.15, 0.2) is 11.2 Å².